The Labute approximate surface area is 147 Å². The molecule has 8 nitrogen and oxygen atoms in total. The summed E-state index contributed by atoms with van der Waals surface area (Å²) in [6.45, 7) is 3.11. The van der Waals surface area contributed by atoms with Crippen molar-refractivity contribution in [1.82, 2.24) is 9.97 Å². The van der Waals surface area contributed by atoms with Crippen molar-refractivity contribution in [3.63, 3.8) is 0 Å². The van der Waals surface area contributed by atoms with Crippen LogP contribution in [0.3, 0.4) is 0 Å². The molecule has 1 aliphatic rings. The molecule has 0 amide bonds. The SMILES string of the molecule is O=[N+]([O-])c1cccnc1Nc1ccc2nc(N3CCOCC3)sc2c1. The molecule has 3 heterocycles. The molecule has 0 spiro atoms. The Kier molecular flexibility index (Phi) is 4.16. The quantitative estimate of drug-likeness (QED) is 0.566. The van der Waals surface area contributed by atoms with Gasteiger partial charge in [-0.2, -0.15) is 0 Å². The van der Waals surface area contributed by atoms with Crippen molar-refractivity contribution in [2.75, 3.05) is 36.5 Å². The lowest BCUT2D eigenvalue weighted by Crippen LogP contribution is -2.36. The fourth-order valence-corrected chi connectivity index (χ4v) is 3.71. The third-order valence-corrected chi connectivity index (χ3v) is 4.98. The molecule has 128 valence electrons. The molecule has 0 atom stereocenters. The van der Waals surface area contributed by atoms with Gasteiger partial charge in [-0.25, -0.2) is 9.97 Å². The molecular weight excluding hydrogens is 342 g/mol. The summed E-state index contributed by atoms with van der Waals surface area (Å²) < 4.78 is 6.39. The topological polar surface area (TPSA) is 93.4 Å². The number of thiazole rings is 1. The Morgan fingerprint density at radius 1 is 1.28 bits per heavy atom. The van der Waals surface area contributed by atoms with Crippen LogP contribution < -0.4 is 10.2 Å². The van der Waals surface area contributed by atoms with E-state index in [4.69, 9.17) is 4.74 Å². The molecule has 4 rings (SSSR count). The molecule has 1 N–H and O–H groups in total. The van der Waals surface area contributed by atoms with Gasteiger partial charge in [-0.15, -0.1) is 0 Å². The summed E-state index contributed by atoms with van der Waals surface area (Å²) in [5.41, 5.74) is 1.60. The Morgan fingerprint density at radius 2 is 2.12 bits per heavy atom. The zero-order valence-corrected chi connectivity index (χ0v) is 14.0. The van der Waals surface area contributed by atoms with Gasteiger partial charge in [0.1, 0.15) is 0 Å². The first-order valence-electron chi connectivity index (χ1n) is 7.80. The number of nitrogens with one attached hydrogen (secondary N) is 1. The normalized spacial score (nSPS) is 14.6. The summed E-state index contributed by atoms with van der Waals surface area (Å²) in [7, 11) is 0. The van der Waals surface area contributed by atoms with Crippen LogP contribution in [0.4, 0.5) is 22.3 Å². The summed E-state index contributed by atoms with van der Waals surface area (Å²) in [6.07, 6.45) is 1.52. The third-order valence-electron chi connectivity index (χ3n) is 3.90. The first-order chi connectivity index (χ1) is 12.2. The lowest BCUT2D eigenvalue weighted by atomic mass is 10.3. The maximum absolute atomic E-state index is 11.1. The summed E-state index contributed by atoms with van der Waals surface area (Å²) in [5.74, 6) is 0.227. The number of nitro groups is 1. The van der Waals surface area contributed by atoms with Gasteiger partial charge in [-0.05, 0) is 24.3 Å². The molecule has 9 heteroatoms. The van der Waals surface area contributed by atoms with Crippen LogP contribution in [0.25, 0.3) is 10.2 Å². The lowest BCUT2D eigenvalue weighted by molar-refractivity contribution is -0.384. The average Bonchev–Trinajstić information content (AvgIpc) is 3.06. The van der Waals surface area contributed by atoms with Gasteiger partial charge >= 0.3 is 5.69 Å². The fourth-order valence-electron chi connectivity index (χ4n) is 2.66. The Morgan fingerprint density at radius 3 is 2.92 bits per heavy atom. The second-order valence-corrected chi connectivity index (χ2v) is 6.54. The highest BCUT2D eigenvalue weighted by molar-refractivity contribution is 7.22. The molecule has 2 aromatic heterocycles. The molecule has 0 radical (unpaired) electrons. The van der Waals surface area contributed by atoms with Gasteiger partial charge in [0.15, 0.2) is 5.13 Å². The van der Waals surface area contributed by atoms with Gasteiger partial charge in [0.2, 0.25) is 5.82 Å². The van der Waals surface area contributed by atoms with Crippen LogP contribution in [0.15, 0.2) is 36.5 Å². The van der Waals surface area contributed by atoms with Crippen LogP contribution in [-0.4, -0.2) is 41.2 Å². The molecule has 1 aromatic carbocycles. The van der Waals surface area contributed by atoms with Gasteiger partial charge in [-0.3, -0.25) is 10.1 Å². The number of anilines is 3. The van der Waals surface area contributed by atoms with E-state index in [1.54, 1.807) is 17.4 Å². The molecule has 0 saturated carbocycles. The van der Waals surface area contributed by atoms with Crippen LogP contribution in [0.2, 0.25) is 0 Å². The minimum absolute atomic E-state index is 0.0547. The second kappa shape index (κ2) is 6.61. The molecule has 0 aliphatic carbocycles. The van der Waals surface area contributed by atoms with E-state index in [-0.39, 0.29) is 11.5 Å². The van der Waals surface area contributed by atoms with E-state index in [0.29, 0.717) is 13.2 Å². The fraction of sp³-hybridized carbons (Fsp3) is 0.250. The molecule has 0 unspecified atom stereocenters. The number of aromatic nitrogens is 2. The number of pyridine rings is 1. The average molecular weight is 357 g/mol. The maximum atomic E-state index is 11.1. The van der Waals surface area contributed by atoms with Crippen LogP contribution >= 0.6 is 11.3 Å². The maximum Gasteiger partial charge on any atom is 0.311 e. The largest absolute Gasteiger partial charge is 0.378 e. The van der Waals surface area contributed by atoms with E-state index in [1.165, 1.54) is 12.3 Å². The predicted octanol–water partition coefficient (Wildman–Crippen LogP) is 3.18. The molecule has 1 aliphatic heterocycles. The van der Waals surface area contributed by atoms with Crippen molar-refractivity contribution in [3.05, 3.63) is 46.6 Å². The standard InChI is InChI=1S/C16H15N5O3S/c22-21(23)13-2-1-5-17-15(13)18-11-3-4-12-14(10-11)25-16(19-12)20-6-8-24-9-7-20/h1-5,10H,6-9H2,(H,17,18). The summed E-state index contributed by atoms with van der Waals surface area (Å²) in [4.78, 5) is 21.6. The van der Waals surface area contributed by atoms with E-state index in [0.717, 1.165) is 34.1 Å². The van der Waals surface area contributed by atoms with E-state index in [1.807, 2.05) is 18.2 Å². The Hall–Kier alpha value is -2.78. The van der Waals surface area contributed by atoms with Crippen LogP contribution in [0, 0.1) is 10.1 Å². The molecular formula is C16H15N5O3S. The highest BCUT2D eigenvalue weighted by atomic mass is 32.1. The van der Waals surface area contributed by atoms with Crippen molar-refractivity contribution in [3.8, 4) is 0 Å². The number of ether oxygens (including phenoxy) is 1. The molecule has 1 fully saturated rings. The molecule has 3 aromatic rings. The van der Waals surface area contributed by atoms with Gasteiger partial charge in [0.25, 0.3) is 0 Å². The third kappa shape index (κ3) is 3.24. The van der Waals surface area contributed by atoms with E-state index < -0.39 is 4.92 Å². The van der Waals surface area contributed by atoms with E-state index in [2.05, 4.69) is 20.2 Å². The van der Waals surface area contributed by atoms with Crippen molar-refractivity contribution in [1.29, 1.82) is 0 Å². The van der Waals surface area contributed by atoms with Crippen molar-refractivity contribution >= 4 is 43.9 Å². The predicted molar refractivity (Wildman–Crippen MR) is 96.8 cm³/mol. The van der Waals surface area contributed by atoms with Gasteiger partial charge in [-0.1, -0.05) is 11.3 Å². The highest BCUT2D eigenvalue weighted by Gasteiger charge is 2.17. The number of fused-ring (bicyclic) bond motifs is 1. The van der Waals surface area contributed by atoms with Crippen molar-refractivity contribution in [2.24, 2.45) is 0 Å². The van der Waals surface area contributed by atoms with E-state index in [9.17, 15) is 10.1 Å². The Bertz CT molecular complexity index is 923. The van der Waals surface area contributed by atoms with Crippen LogP contribution in [0.1, 0.15) is 0 Å². The number of hydrogen-bond acceptors (Lipinski definition) is 8. The lowest BCUT2D eigenvalue weighted by Gasteiger charge is -2.25. The molecule has 0 bridgehead atoms. The Balaban J connectivity index is 1.62. The summed E-state index contributed by atoms with van der Waals surface area (Å²) in [5, 5.41) is 15.1. The minimum Gasteiger partial charge on any atom is -0.378 e. The van der Waals surface area contributed by atoms with E-state index >= 15 is 0 Å². The molecule has 25 heavy (non-hydrogen) atoms. The van der Waals surface area contributed by atoms with Gasteiger partial charge < -0.3 is 15.0 Å². The smallest absolute Gasteiger partial charge is 0.311 e. The monoisotopic (exact) mass is 357 g/mol. The van der Waals surface area contributed by atoms with Gasteiger partial charge in [0.05, 0.1) is 28.4 Å². The van der Waals surface area contributed by atoms with Crippen molar-refractivity contribution in [2.45, 2.75) is 0 Å². The number of morpholine rings is 1. The summed E-state index contributed by atoms with van der Waals surface area (Å²) in [6, 6.07) is 8.67. The summed E-state index contributed by atoms with van der Waals surface area (Å²) >= 11 is 1.60. The minimum atomic E-state index is -0.447. The number of rotatable bonds is 4. The first kappa shape index (κ1) is 15.7. The zero-order chi connectivity index (χ0) is 17.2. The first-order valence-corrected chi connectivity index (χ1v) is 8.62. The van der Waals surface area contributed by atoms with Crippen molar-refractivity contribution < 1.29 is 9.66 Å². The van der Waals surface area contributed by atoms with Gasteiger partial charge in [0, 0.05) is 31.0 Å². The second-order valence-electron chi connectivity index (χ2n) is 5.53. The number of hydrogen-bond donors (Lipinski definition) is 1. The number of nitrogens with zero attached hydrogens (tertiary/aromatic N) is 4. The number of benzene rings is 1. The van der Waals surface area contributed by atoms with Crippen LogP contribution in [0.5, 0.6) is 0 Å². The highest BCUT2D eigenvalue weighted by Crippen LogP contribution is 2.32. The molecule has 1 saturated heterocycles. The zero-order valence-electron chi connectivity index (χ0n) is 13.2. The van der Waals surface area contributed by atoms with Crippen LogP contribution in [-0.2, 0) is 4.74 Å².